The molecule has 0 saturated carbocycles. The number of aliphatic hydroxyl groups is 3. The summed E-state index contributed by atoms with van der Waals surface area (Å²) in [5, 5.41) is 33.6. The maximum atomic E-state index is 12.5. The Bertz CT molecular complexity index is 901. The Morgan fingerprint density at radius 3 is 1.05 bits per heavy atom. The largest absolute Gasteiger partial charge is 0.394 e. The van der Waals surface area contributed by atoms with Crippen molar-refractivity contribution in [3.8, 4) is 0 Å². The zero-order valence-electron chi connectivity index (χ0n) is 38.9. The summed E-state index contributed by atoms with van der Waals surface area (Å²) in [6.45, 7) is 4.19. The van der Waals surface area contributed by atoms with Crippen molar-refractivity contribution in [1.82, 2.24) is 5.32 Å². The predicted octanol–water partition coefficient (Wildman–Crippen LogP) is 15.5. The van der Waals surface area contributed by atoms with Crippen LogP contribution >= 0.6 is 0 Å². The second-order valence-electron chi connectivity index (χ2n) is 17.7. The predicted molar refractivity (Wildman–Crippen MR) is 254 cm³/mol. The van der Waals surface area contributed by atoms with E-state index in [0.29, 0.717) is 12.8 Å². The van der Waals surface area contributed by atoms with Crippen LogP contribution in [0.25, 0.3) is 0 Å². The Morgan fingerprint density at radius 2 is 0.707 bits per heavy atom. The molecule has 58 heavy (non-hydrogen) atoms. The minimum atomic E-state index is -1.17. The van der Waals surface area contributed by atoms with E-state index in [1.54, 1.807) is 0 Å². The minimum Gasteiger partial charge on any atom is -0.394 e. The van der Waals surface area contributed by atoms with Gasteiger partial charge in [0.25, 0.3) is 0 Å². The molecular weight excluding hydrogens is 715 g/mol. The van der Waals surface area contributed by atoms with Crippen LogP contribution in [0.3, 0.4) is 0 Å². The van der Waals surface area contributed by atoms with Crippen molar-refractivity contribution in [3.05, 3.63) is 36.5 Å². The third-order valence-corrected chi connectivity index (χ3v) is 11.9. The molecule has 0 aliphatic heterocycles. The summed E-state index contributed by atoms with van der Waals surface area (Å²) in [5.74, 6) is -0.161. The molecule has 0 bridgehead atoms. The van der Waals surface area contributed by atoms with Gasteiger partial charge < -0.3 is 20.6 Å². The minimum absolute atomic E-state index is 0.161. The lowest BCUT2D eigenvalue weighted by molar-refractivity contribution is -0.124. The van der Waals surface area contributed by atoms with E-state index in [0.717, 1.165) is 44.9 Å². The first-order valence-corrected chi connectivity index (χ1v) is 25.8. The van der Waals surface area contributed by atoms with Crippen molar-refractivity contribution in [3.63, 3.8) is 0 Å². The molecule has 3 unspecified atom stereocenters. The second-order valence-corrected chi connectivity index (χ2v) is 17.7. The lowest BCUT2D eigenvalue weighted by Crippen LogP contribution is -2.50. The van der Waals surface area contributed by atoms with Crippen LogP contribution < -0.4 is 5.32 Å². The smallest absolute Gasteiger partial charge is 0.220 e. The van der Waals surface area contributed by atoms with E-state index in [1.807, 2.05) is 0 Å². The fourth-order valence-electron chi connectivity index (χ4n) is 7.94. The highest BCUT2D eigenvalue weighted by Gasteiger charge is 2.26. The molecule has 0 saturated heterocycles. The van der Waals surface area contributed by atoms with E-state index < -0.39 is 18.2 Å². The Morgan fingerprint density at radius 1 is 0.414 bits per heavy atom. The summed E-state index contributed by atoms with van der Waals surface area (Å²) in [6.07, 6.45) is 61.4. The van der Waals surface area contributed by atoms with Crippen molar-refractivity contribution in [2.75, 3.05) is 6.61 Å². The normalized spacial score (nSPS) is 13.7. The van der Waals surface area contributed by atoms with E-state index in [4.69, 9.17) is 0 Å². The molecule has 1 amide bonds. The summed E-state index contributed by atoms with van der Waals surface area (Å²) < 4.78 is 0. The van der Waals surface area contributed by atoms with E-state index in [9.17, 15) is 20.1 Å². The van der Waals surface area contributed by atoms with Crippen molar-refractivity contribution < 1.29 is 20.1 Å². The van der Waals surface area contributed by atoms with E-state index in [-0.39, 0.29) is 12.5 Å². The number of allylic oxidation sites excluding steroid dienone is 6. The Kier molecular flexibility index (Phi) is 47.0. The van der Waals surface area contributed by atoms with Crippen LogP contribution in [0.2, 0.25) is 0 Å². The quantitative estimate of drug-likeness (QED) is 0.0364. The highest BCUT2D eigenvalue weighted by atomic mass is 16.3. The van der Waals surface area contributed by atoms with Gasteiger partial charge >= 0.3 is 0 Å². The fraction of sp³-hybridized carbons (Fsp3) is 0.868. The first-order valence-electron chi connectivity index (χ1n) is 25.8. The van der Waals surface area contributed by atoms with Crippen LogP contribution in [0.5, 0.6) is 0 Å². The molecule has 0 aromatic rings. The van der Waals surface area contributed by atoms with Gasteiger partial charge in [-0.25, -0.2) is 0 Å². The molecule has 0 radical (unpaired) electrons. The Hall–Kier alpha value is -1.43. The van der Waals surface area contributed by atoms with Gasteiger partial charge in [0.2, 0.25) is 5.91 Å². The second kappa shape index (κ2) is 48.2. The highest BCUT2D eigenvalue weighted by Crippen LogP contribution is 2.16. The molecule has 5 nitrogen and oxygen atoms in total. The molecule has 3 atom stereocenters. The molecule has 0 aromatic heterocycles. The zero-order valence-corrected chi connectivity index (χ0v) is 38.9. The number of unbranched alkanes of at least 4 members (excludes halogenated alkanes) is 33. The van der Waals surface area contributed by atoms with E-state index >= 15 is 0 Å². The number of hydrogen-bond donors (Lipinski definition) is 4. The molecule has 0 fully saturated rings. The van der Waals surface area contributed by atoms with Gasteiger partial charge in [-0.2, -0.15) is 0 Å². The lowest BCUT2D eigenvalue weighted by atomic mass is 10.0. The first kappa shape index (κ1) is 56.6. The van der Waals surface area contributed by atoms with E-state index in [1.165, 1.54) is 199 Å². The zero-order chi connectivity index (χ0) is 42.3. The van der Waals surface area contributed by atoms with E-state index in [2.05, 4.69) is 55.6 Å². The van der Waals surface area contributed by atoms with Gasteiger partial charge in [0.15, 0.2) is 0 Å². The fourth-order valence-corrected chi connectivity index (χ4v) is 7.94. The number of hydrogen-bond acceptors (Lipinski definition) is 4. The molecule has 4 N–H and O–H groups in total. The number of carbonyl (C=O) groups is 1. The maximum absolute atomic E-state index is 12.5. The van der Waals surface area contributed by atoms with Gasteiger partial charge in [0, 0.05) is 6.42 Å². The molecule has 5 heteroatoms. The average Bonchev–Trinajstić information content (AvgIpc) is 3.23. The SMILES string of the molecule is CCCCCCCCCCCCCC/C=C\CCCCCCCCCC(=O)NC(CO)C(O)C(O)CCC/C=C/CC/C=C/CCCCCCCCCCCCCC. The number of nitrogens with one attached hydrogen (secondary N) is 1. The van der Waals surface area contributed by atoms with Crippen molar-refractivity contribution in [2.24, 2.45) is 0 Å². The van der Waals surface area contributed by atoms with Crippen LogP contribution in [-0.2, 0) is 4.79 Å². The molecule has 0 aromatic carbocycles. The topological polar surface area (TPSA) is 89.8 Å². The summed E-state index contributed by atoms with van der Waals surface area (Å²) in [5.41, 5.74) is 0. The molecule has 0 aliphatic rings. The van der Waals surface area contributed by atoms with Crippen LogP contribution in [0.4, 0.5) is 0 Å². The van der Waals surface area contributed by atoms with Crippen LogP contribution in [0.15, 0.2) is 36.5 Å². The number of carbonyl (C=O) groups excluding carboxylic acids is 1. The van der Waals surface area contributed by atoms with Gasteiger partial charge in [-0.3, -0.25) is 4.79 Å². The van der Waals surface area contributed by atoms with Gasteiger partial charge in [-0.05, 0) is 77.0 Å². The van der Waals surface area contributed by atoms with Gasteiger partial charge in [0.1, 0.15) is 6.10 Å². The van der Waals surface area contributed by atoms with Gasteiger partial charge in [-0.1, -0.05) is 224 Å². The van der Waals surface area contributed by atoms with Gasteiger partial charge in [-0.15, -0.1) is 0 Å². The van der Waals surface area contributed by atoms with Crippen molar-refractivity contribution in [1.29, 1.82) is 0 Å². The van der Waals surface area contributed by atoms with Crippen LogP contribution in [0, 0.1) is 0 Å². The van der Waals surface area contributed by atoms with Crippen LogP contribution in [0.1, 0.15) is 271 Å². The number of amides is 1. The molecule has 0 aliphatic carbocycles. The lowest BCUT2D eigenvalue weighted by Gasteiger charge is -2.26. The molecular formula is C53H101NO4. The van der Waals surface area contributed by atoms with Crippen LogP contribution in [-0.4, -0.2) is 46.1 Å². The standard InChI is InChI=1S/C53H101NO4/c1-3-5-7-9-11-13-15-17-19-21-23-25-26-28-30-32-34-36-38-40-42-44-46-48-52(57)54-50(49-55)53(58)51(56)47-45-43-41-39-37-35-33-31-29-27-24-22-20-18-16-14-12-10-8-6-4-2/h28,30-31,33,39,41,50-51,53,55-56,58H,3-27,29,32,34-38,40,42-49H2,1-2H3,(H,54,57)/b30-28-,33-31+,41-39+. The number of rotatable bonds is 47. The van der Waals surface area contributed by atoms with Crippen molar-refractivity contribution >= 4 is 5.91 Å². The third kappa shape index (κ3) is 42.7. The summed E-state index contributed by atoms with van der Waals surface area (Å²) >= 11 is 0. The number of aliphatic hydroxyl groups excluding tert-OH is 3. The Balaban J connectivity index is 3.64. The summed E-state index contributed by atoms with van der Waals surface area (Å²) in [7, 11) is 0. The highest BCUT2D eigenvalue weighted by molar-refractivity contribution is 5.76. The third-order valence-electron chi connectivity index (χ3n) is 11.9. The van der Waals surface area contributed by atoms with Gasteiger partial charge in [0.05, 0.1) is 18.8 Å². The van der Waals surface area contributed by atoms with Crippen molar-refractivity contribution in [2.45, 2.75) is 289 Å². The maximum Gasteiger partial charge on any atom is 0.220 e. The monoisotopic (exact) mass is 816 g/mol. The molecule has 0 rings (SSSR count). The Labute approximate surface area is 362 Å². The molecule has 0 spiro atoms. The summed E-state index contributed by atoms with van der Waals surface area (Å²) in [4.78, 5) is 12.5. The molecule has 0 heterocycles. The first-order chi connectivity index (χ1) is 28.6. The average molecular weight is 816 g/mol. The molecule has 342 valence electrons. The summed E-state index contributed by atoms with van der Waals surface area (Å²) in [6, 6.07) is -0.835.